The molecule has 0 aliphatic rings. The molecule has 26 heavy (non-hydrogen) atoms. The van der Waals surface area contributed by atoms with Crippen molar-refractivity contribution in [1.82, 2.24) is 0 Å². The van der Waals surface area contributed by atoms with Gasteiger partial charge in [0.25, 0.3) is 5.91 Å². The molecular weight excluding hydrogens is 334 g/mol. The molecule has 0 atom stereocenters. The van der Waals surface area contributed by atoms with Gasteiger partial charge in [-0.05, 0) is 50.2 Å². The van der Waals surface area contributed by atoms with Gasteiger partial charge in [0.05, 0.1) is 12.3 Å². The summed E-state index contributed by atoms with van der Waals surface area (Å²) >= 11 is 0. The van der Waals surface area contributed by atoms with E-state index in [9.17, 15) is 14.7 Å². The van der Waals surface area contributed by atoms with Gasteiger partial charge < -0.3 is 15.2 Å². The highest BCUT2D eigenvalue weighted by Crippen LogP contribution is 2.19. The summed E-state index contributed by atoms with van der Waals surface area (Å²) < 4.78 is 4.80. The van der Waals surface area contributed by atoms with E-state index in [0.29, 0.717) is 16.9 Å². The van der Waals surface area contributed by atoms with E-state index in [1.165, 1.54) is 6.92 Å². The topological polar surface area (TPSA) is 100 Å². The molecule has 1 amide bonds. The predicted molar refractivity (Wildman–Crippen MR) is 97.3 cm³/mol. The zero-order chi connectivity index (χ0) is 18.9. The maximum atomic E-state index is 12.1. The highest BCUT2D eigenvalue weighted by molar-refractivity contribution is 6.04. The molecule has 0 heterocycles. The Kier molecular flexibility index (Phi) is 6.61. The largest absolute Gasteiger partial charge is 0.510 e. The Morgan fingerprint density at radius 2 is 1.73 bits per heavy atom. The SMILES string of the molecule is CCOC(=O)C(N=Nc1ccc(NC(=O)c2ccccc2)cc1)=C(C)O. The van der Waals surface area contributed by atoms with Crippen molar-refractivity contribution in [1.29, 1.82) is 0 Å². The van der Waals surface area contributed by atoms with Crippen molar-refractivity contribution in [2.45, 2.75) is 13.8 Å². The van der Waals surface area contributed by atoms with Crippen molar-refractivity contribution in [3.8, 4) is 0 Å². The molecule has 0 aromatic heterocycles. The zero-order valence-electron chi connectivity index (χ0n) is 14.5. The number of esters is 1. The monoisotopic (exact) mass is 353 g/mol. The summed E-state index contributed by atoms with van der Waals surface area (Å²) in [6.07, 6.45) is 0. The molecule has 0 aliphatic carbocycles. The van der Waals surface area contributed by atoms with Gasteiger partial charge in [-0.3, -0.25) is 4.79 Å². The number of hydrogen-bond donors (Lipinski definition) is 2. The van der Waals surface area contributed by atoms with Crippen LogP contribution in [0.1, 0.15) is 24.2 Å². The standard InChI is InChI=1S/C19H19N3O4/c1-3-26-19(25)17(13(2)23)22-21-16-11-9-15(10-12-16)20-18(24)14-7-5-4-6-8-14/h4-12,23H,3H2,1-2H3,(H,20,24). The van der Waals surface area contributed by atoms with E-state index in [1.807, 2.05) is 6.07 Å². The Balaban J connectivity index is 2.06. The minimum absolute atomic E-state index is 0.168. The number of amides is 1. The van der Waals surface area contributed by atoms with Crippen LogP contribution in [-0.4, -0.2) is 23.6 Å². The fourth-order valence-electron chi connectivity index (χ4n) is 1.97. The first-order valence-corrected chi connectivity index (χ1v) is 7.96. The van der Waals surface area contributed by atoms with Gasteiger partial charge in [0.1, 0.15) is 5.76 Å². The third-order valence-corrected chi connectivity index (χ3v) is 3.24. The van der Waals surface area contributed by atoms with E-state index in [2.05, 4.69) is 15.5 Å². The Labute approximate surface area is 151 Å². The number of carbonyl (C=O) groups excluding carboxylic acids is 2. The van der Waals surface area contributed by atoms with Crippen LogP contribution in [0.2, 0.25) is 0 Å². The van der Waals surface area contributed by atoms with Crippen LogP contribution >= 0.6 is 0 Å². The van der Waals surface area contributed by atoms with Crippen LogP contribution in [-0.2, 0) is 9.53 Å². The molecule has 134 valence electrons. The fraction of sp³-hybridized carbons (Fsp3) is 0.158. The first kappa shape index (κ1) is 18.9. The van der Waals surface area contributed by atoms with Crippen LogP contribution in [0.15, 0.2) is 76.3 Å². The minimum atomic E-state index is -0.747. The van der Waals surface area contributed by atoms with E-state index < -0.39 is 5.97 Å². The summed E-state index contributed by atoms with van der Waals surface area (Å²) in [5.41, 5.74) is 1.34. The first-order valence-electron chi connectivity index (χ1n) is 7.96. The Bertz CT molecular complexity index is 824. The Morgan fingerprint density at radius 1 is 1.08 bits per heavy atom. The number of hydrogen-bond acceptors (Lipinski definition) is 6. The lowest BCUT2D eigenvalue weighted by Crippen LogP contribution is -2.11. The highest BCUT2D eigenvalue weighted by atomic mass is 16.5. The van der Waals surface area contributed by atoms with E-state index in [1.54, 1.807) is 55.5 Å². The van der Waals surface area contributed by atoms with Crippen molar-refractivity contribution in [3.05, 3.63) is 71.6 Å². The van der Waals surface area contributed by atoms with Crippen LogP contribution in [0.3, 0.4) is 0 Å². The molecule has 0 bridgehead atoms. The van der Waals surface area contributed by atoms with Crippen LogP contribution < -0.4 is 5.32 Å². The molecular formula is C19H19N3O4. The van der Waals surface area contributed by atoms with Gasteiger partial charge in [0.2, 0.25) is 5.70 Å². The average molecular weight is 353 g/mol. The van der Waals surface area contributed by atoms with Crippen molar-refractivity contribution < 1.29 is 19.4 Å². The second kappa shape index (κ2) is 9.12. The van der Waals surface area contributed by atoms with Crippen LogP contribution in [0.25, 0.3) is 0 Å². The van der Waals surface area contributed by atoms with Crippen molar-refractivity contribution in [2.24, 2.45) is 10.2 Å². The van der Waals surface area contributed by atoms with Crippen LogP contribution in [0.5, 0.6) is 0 Å². The minimum Gasteiger partial charge on any atom is -0.510 e. The molecule has 0 fully saturated rings. The van der Waals surface area contributed by atoms with E-state index in [4.69, 9.17) is 4.74 Å². The van der Waals surface area contributed by atoms with Gasteiger partial charge in [0, 0.05) is 11.3 Å². The number of anilines is 1. The first-order chi connectivity index (χ1) is 12.5. The van der Waals surface area contributed by atoms with Gasteiger partial charge in [0.15, 0.2) is 0 Å². The number of allylic oxidation sites excluding steroid dienone is 1. The van der Waals surface area contributed by atoms with Crippen molar-refractivity contribution >= 4 is 23.3 Å². The lowest BCUT2D eigenvalue weighted by atomic mass is 10.2. The lowest BCUT2D eigenvalue weighted by Gasteiger charge is -2.05. The molecule has 0 saturated heterocycles. The summed E-state index contributed by atoms with van der Waals surface area (Å²) in [5, 5.41) is 19.9. The van der Waals surface area contributed by atoms with Gasteiger partial charge >= 0.3 is 5.97 Å². The fourth-order valence-corrected chi connectivity index (χ4v) is 1.97. The van der Waals surface area contributed by atoms with E-state index in [-0.39, 0.29) is 24.0 Å². The predicted octanol–water partition coefficient (Wildman–Crippen LogP) is 4.38. The summed E-state index contributed by atoms with van der Waals surface area (Å²) in [5.74, 6) is -1.25. The number of ether oxygens (including phenoxy) is 1. The second-order valence-corrected chi connectivity index (χ2v) is 5.22. The second-order valence-electron chi connectivity index (χ2n) is 5.22. The van der Waals surface area contributed by atoms with Gasteiger partial charge in [-0.25, -0.2) is 4.79 Å². The van der Waals surface area contributed by atoms with Gasteiger partial charge in [-0.2, -0.15) is 5.11 Å². The number of carbonyl (C=O) groups is 2. The molecule has 2 rings (SSSR count). The number of aliphatic hydroxyl groups is 1. The molecule has 7 nitrogen and oxygen atoms in total. The number of aliphatic hydroxyl groups excluding tert-OH is 1. The van der Waals surface area contributed by atoms with Crippen molar-refractivity contribution in [3.63, 3.8) is 0 Å². The quantitative estimate of drug-likeness (QED) is 0.348. The number of benzene rings is 2. The molecule has 0 spiro atoms. The Morgan fingerprint density at radius 3 is 2.31 bits per heavy atom. The third-order valence-electron chi connectivity index (χ3n) is 3.24. The maximum Gasteiger partial charge on any atom is 0.362 e. The van der Waals surface area contributed by atoms with Gasteiger partial charge in [-0.15, -0.1) is 5.11 Å². The molecule has 2 N–H and O–H groups in total. The van der Waals surface area contributed by atoms with Crippen molar-refractivity contribution in [2.75, 3.05) is 11.9 Å². The number of nitrogens with zero attached hydrogens (tertiary/aromatic N) is 2. The zero-order valence-corrected chi connectivity index (χ0v) is 14.5. The van der Waals surface area contributed by atoms with Crippen LogP contribution in [0.4, 0.5) is 11.4 Å². The molecule has 0 saturated carbocycles. The van der Waals surface area contributed by atoms with Gasteiger partial charge in [-0.1, -0.05) is 18.2 Å². The normalized spacial score (nSPS) is 11.8. The number of nitrogens with one attached hydrogen (secondary N) is 1. The molecule has 2 aromatic carbocycles. The highest BCUT2D eigenvalue weighted by Gasteiger charge is 2.13. The maximum absolute atomic E-state index is 12.1. The van der Waals surface area contributed by atoms with E-state index >= 15 is 0 Å². The number of azo groups is 1. The average Bonchev–Trinajstić information content (AvgIpc) is 2.64. The third kappa shape index (κ3) is 5.27. The smallest absolute Gasteiger partial charge is 0.362 e. The molecule has 0 aliphatic heterocycles. The summed E-state index contributed by atoms with van der Waals surface area (Å²) in [7, 11) is 0. The molecule has 7 heteroatoms. The number of rotatable bonds is 6. The summed E-state index contributed by atoms with van der Waals surface area (Å²) in [4.78, 5) is 23.8. The molecule has 0 unspecified atom stereocenters. The van der Waals surface area contributed by atoms with E-state index in [0.717, 1.165) is 0 Å². The summed E-state index contributed by atoms with van der Waals surface area (Å²) in [6.45, 7) is 3.15. The lowest BCUT2D eigenvalue weighted by molar-refractivity contribution is -0.138. The summed E-state index contributed by atoms with van der Waals surface area (Å²) in [6, 6.07) is 15.4. The Hall–Kier alpha value is -3.48. The van der Waals surface area contributed by atoms with Crippen LogP contribution in [0, 0.1) is 0 Å². The molecule has 0 radical (unpaired) electrons. The molecule has 2 aromatic rings.